The molecule has 1 aromatic heterocycles. The summed E-state index contributed by atoms with van der Waals surface area (Å²) in [5.41, 5.74) is 6.43. The Hall–Kier alpha value is -1.81. The molecule has 3 nitrogen and oxygen atoms in total. The zero-order valence-electron chi connectivity index (χ0n) is 9.08. The first-order valence-corrected chi connectivity index (χ1v) is 5.24. The van der Waals surface area contributed by atoms with Crippen molar-refractivity contribution in [2.45, 2.75) is 0 Å². The number of hydrogen-bond acceptors (Lipinski definition) is 3. The topological polar surface area (TPSA) is 48.1 Å². The molecule has 0 aliphatic heterocycles. The molecule has 0 aliphatic rings. The first kappa shape index (κ1) is 11.7. The van der Waals surface area contributed by atoms with Crippen LogP contribution in [0.5, 0.6) is 5.75 Å². The Morgan fingerprint density at radius 3 is 2.76 bits per heavy atom. The molecule has 0 saturated heterocycles. The number of rotatable bonds is 2. The van der Waals surface area contributed by atoms with Crippen molar-refractivity contribution in [1.29, 1.82) is 0 Å². The van der Waals surface area contributed by atoms with Crippen molar-refractivity contribution >= 4 is 17.4 Å². The summed E-state index contributed by atoms with van der Waals surface area (Å²) in [6.45, 7) is 0. The number of nitrogens with two attached hydrogens (primary N) is 1. The Morgan fingerprint density at radius 2 is 2.12 bits per heavy atom. The number of anilines is 1. The largest absolute Gasteiger partial charge is 0.497 e. The van der Waals surface area contributed by atoms with Crippen molar-refractivity contribution in [1.82, 2.24) is 4.98 Å². The van der Waals surface area contributed by atoms with E-state index in [9.17, 15) is 4.39 Å². The molecule has 0 spiro atoms. The van der Waals surface area contributed by atoms with Crippen molar-refractivity contribution in [3.63, 3.8) is 0 Å². The Morgan fingerprint density at radius 1 is 1.35 bits per heavy atom. The highest BCUT2D eigenvalue weighted by Gasteiger charge is 2.09. The van der Waals surface area contributed by atoms with Gasteiger partial charge in [-0.3, -0.25) is 0 Å². The summed E-state index contributed by atoms with van der Waals surface area (Å²) in [7, 11) is 1.52. The van der Waals surface area contributed by atoms with Crippen LogP contribution in [0.15, 0.2) is 30.5 Å². The molecule has 0 atom stereocenters. The smallest absolute Gasteiger partial charge is 0.142 e. The van der Waals surface area contributed by atoms with Gasteiger partial charge in [-0.05, 0) is 24.3 Å². The quantitative estimate of drug-likeness (QED) is 0.893. The van der Waals surface area contributed by atoms with Crippen molar-refractivity contribution in [2.24, 2.45) is 0 Å². The number of nitrogen functional groups attached to an aromatic ring is 1. The molecule has 1 aromatic carbocycles. The standard InChI is InChI=1S/C12H10ClFN2O/c1-17-8-2-3-11(14)9(5-8)7-4-10(13)12(15)16-6-7/h2-6H,1H3,(H2,15,16). The minimum Gasteiger partial charge on any atom is -0.497 e. The normalized spacial score (nSPS) is 10.3. The predicted molar refractivity (Wildman–Crippen MR) is 65.6 cm³/mol. The van der Waals surface area contributed by atoms with Crippen LogP contribution < -0.4 is 10.5 Å². The van der Waals surface area contributed by atoms with Crippen LogP contribution in [0.1, 0.15) is 0 Å². The number of halogens is 2. The van der Waals surface area contributed by atoms with Crippen molar-refractivity contribution < 1.29 is 9.13 Å². The molecule has 0 unspecified atom stereocenters. The molecular weight excluding hydrogens is 243 g/mol. The van der Waals surface area contributed by atoms with Gasteiger partial charge in [0.05, 0.1) is 12.1 Å². The number of aromatic nitrogens is 1. The molecule has 0 fully saturated rings. The molecule has 0 radical (unpaired) electrons. The van der Waals surface area contributed by atoms with E-state index in [-0.39, 0.29) is 11.6 Å². The van der Waals surface area contributed by atoms with Crippen molar-refractivity contribution in [3.05, 3.63) is 41.3 Å². The van der Waals surface area contributed by atoms with Gasteiger partial charge in [0.2, 0.25) is 0 Å². The van der Waals surface area contributed by atoms with Gasteiger partial charge < -0.3 is 10.5 Å². The third kappa shape index (κ3) is 2.31. The number of ether oxygens (including phenoxy) is 1. The number of pyridine rings is 1. The number of benzene rings is 1. The molecule has 17 heavy (non-hydrogen) atoms. The number of nitrogens with zero attached hydrogens (tertiary/aromatic N) is 1. The third-order valence-electron chi connectivity index (χ3n) is 2.35. The fourth-order valence-electron chi connectivity index (χ4n) is 1.45. The van der Waals surface area contributed by atoms with E-state index in [0.29, 0.717) is 21.9 Å². The minimum atomic E-state index is -0.367. The van der Waals surface area contributed by atoms with Crippen LogP contribution >= 0.6 is 11.6 Å². The zero-order chi connectivity index (χ0) is 12.4. The summed E-state index contributed by atoms with van der Waals surface area (Å²) >= 11 is 5.85. The summed E-state index contributed by atoms with van der Waals surface area (Å²) in [5, 5.41) is 0.296. The van der Waals surface area contributed by atoms with E-state index in [0.717, 1.165) is 0 Å². The summed E-state index contributed by atoms with van der Waals surface area (Å²) < 4.78 is 18.7. The maximum atomic E-state index is 13.7. The number of methoxy groups -OCH3 is 1. The lowest BCUT2D eigenvalue weighted by Gasteiger charge is -2.07. The van der Waals surface area contributed by atoms with E-state index < -0.39 is 0 Å². The monoisotopic (exact) mass is 252 g/mol. The lowest BCUT2D eigenvalue weighted by atomic mass is 10.1. The molecule has 2 N–H and O–H groups in total. The van der Waals surface area contributed by atoms with Crippen LogP contribution in [0.4, 0.5) is 10.2 Å². The molecule has 0 aliphatic carbocycles. The second-order valence-corrected chi connectivity index (χ2v) is 3.84. The Labute approximate surface area is 103 Å². The molecule has 5 heteroatoms. The predicted octanol–water partition coefficient (Wildman–Crippen LogP) is 3.13. The maximum Gasteiger partial charge on any atom is 0.142 e. The van der Waals surface area contributed by atoms with Crippen molar-refractivity contribution in [3.8, 4) is 16.9 Å². The summed E-state index contributed by atoms with van der Waals surface area (Å²) in [6, 6.07) is 6.03. The third-order valence-corrected chi connectivity index (χ3v) is 2.66. The van der Waals surface area contributed by atoms with Gasteiger partial charge >= 0.3 is 0 Å². The highest BCUT2D eigenvalue weighted by atomic mass is 35.5. The second-order valence-electron chi connectivity index (χ2n) is 3.44. The highest BCUT2D eigenvalue weighted by molar-refractivity contribution is 6.33. The molecule has 88 valence electrons. The molecule has 0 bridgehead atoms. The average Bonchev–Trinajstić information content (AvgIpc) is 2.33. The van der Waals surface area contributed by atoms with Gasteiger partial charge in [-0.2, -0.15) is 0 Å². The SMILES string of the molecule is COc1ccc(F)c(-c2cnc(N)c(Cl)c2)c1. The highest BCUT2D eigenvalue weighted by Crippen LogP contribution is 2.29. The Balaban J connectivity index is 2.55. The van der Waals surface area contributed by atoms with Crippen molar-refractivity contribution in [2.75, 3.05) is 12.8 Å². The van der Waals surface area contributed by atoms with E-state index in [4.69, 9.17) is 22.1 Å². The zero-order valence-corrected chi connectivity index (χ0v) is 9.83. The van der Waals surface area contributed by atoms with Crippen LogP contribution in [0.3, 0.4) is 0 Å². The van der Waals surface area contributed by atoms with Gasteiger partial charge in [-0.1, -0.05) is 11.6 Å². The molecule has 1 heterocycles. The van der Waals surface area contributed by atoms with Crippen LogP contribution in [-0.4, -0.2) is 12.1 Å². The molecule has 0 amide bonds. The number of hydrogen-bond donors (Lipinski definition) is 1. The van der Waals surface area contributed by atoms with Gasteiger partial charge in [-0.25, -0.2) is 9.37 Å². The second kappa shape index (κ2) is 4.59. The summed E-state index contributed by atoms with van der Waals surface area (Å²) in [4.78, 5) is 3.89. The van der Waals surface area contributed by atoms with Crippen LogP contribution in [-0.2, 0) is 0 Å². The lowest BCUT2D eigenvalue weighted by molar-refractivity contribution is 0.414. The van der Waals surface area contributed by atoms with E-state index in [1.54, 1.807) is 18.2 Å². The van der Waals surface area contributed by atoms with E-state index in [2.05, 4.69) is 4.98 Å². The molecule has 2 aromatic rings. The van der Waals surface area contributed by atoms with Crippen LogP contribution in [0.2, 0.25) is 5.02 Å². The lowest BCUT2D eigenvalue weighted by Crippen LogP contribution is -1.93. The Kier molecular flexibility index (Phi) is 3.15. The first-order chi connectivity index (χ1) is 8.11. The maximum absolute atomic E-state index is 13.7. The van der Waals surface area contributed by atoms with Gasteiger partial charge in [0, 0.05) is 17.3 Å². The summed E-state index contributed by atoms with van der Waals surface area (Å²) in [6.07, 6.45) is 1.47. The van der Waals surface area contributed by atoms with E-state index in [1.807, 2.05) is 0 Å². The van der Waals surface area contributed by atoms with Gasteiger partial charge in [-0.15, -0.1) is 0 Å². The fourth-order valence-corrected chi connectivity index (χ4v) is 1.61. The van der Waals surface area contributed by atoms with Gasteiger partial charge in [0.25, 0.3) is 0 Å². The van der Waals surface area contributed by atoms with Crippen LogP contribution in [0.25, 0.3) is 11.1 Å². The average molecular weight is 253 g/mol. The van der Waals surface area contributed by atoms with Crippen LogP contribution in [0, 0.1) is 5.82 Å². The summed E-state index contributed by atoms with van der Waals surface area (Å²) in [5.74, 6) is 0.418. The molecule has 0 saturated carbocycles. The first-order valence-electron chi connectivity index (χ1n) is 4.86. The molecule has 2 rings (SSSR count). The van der Waals surface area contributed by atoms with Gasteiger partial charge in [0.1, 0.15) is 17.4 Å². The molecular formula is C12H10ClFN2O. The van der Waals surface area contributed by atoms with E-state index in [1.165, 1.54) is 19.4 Å². The fraction of sp³-hybridized carbons (Fsp3) is 0.0833. The van der Waals surface area contributed by atoms with Gasteiger partial charge in [0.15, 0.2) is 0 Å². The Bertz CT molecular complexity index is 560. The minimum absolute atomic E-state index is 0.221. The van der Waals surface area contributed by atoms with E-state index >= 15 is 0 Å².